The highest BCUT2D eigenvalue weighted by molar-refractivity contribution is 4.56. The summed E-state index contributed by atoms with van der Waals surface area (Å²) in [6.07, 6.45) is 4.04. The van der Waals surface area contributed by atoms with Gasteiger partial charge in [-0.15, -0.1) is 0 Å². The fourth-order valence-electron chi connectivity index (χ4n) is 1.14. The van der Waals surface area contributed by atoms with Crippen LogP contribution in [0.4, 0.5) is 0 Å². The lowest BCUT2D eigenvalue weighted by Gasteiger charge is -2.15. The van der Waals surface area contributed by atoms with Crippen molar-refractivity contribution in [1.82, 2.24) is 4.90 Å². The van der Waals surface area contributed by atoms with Gasteiger partial charge in [-0.05, 0) is 33.0 Å². The SMILES string of the molecule is CCC(CC)CCN(C)C. The average molecular weight is 143 g/mol. The molecule has 0 aromatic heterocycles. The van der Waals surface area contributed by atoms with E-state index in [1.807, 2.05) is 0 Å². The lowest BCUT2D eigenvalue weighted by molar-refractivity contribution is 0.339. The number of nitrogens with zero attached hydrogens (tertiary/aromatic N) is 1. The minimum absolute atomic E-state index is 0.947. The van der Waals surface area contributed by atoms with E-state index in [9.17, 15) is 0 Å². The zero-order chi connectivity index (χ0) is 7.98. The molecule has 0 rings (SSSR count). The van der Waals surface area contributed by atoms with Crippen LogP contribution in [0.5, 0.6) is 0 Å². The third-order valence-electron chi connectivity index (χ3n) is 2.14. The van der Waals surface area contributed by atoms with Crippen molar-refractivity contribution in [2.24, 2.45) is 5.92 Å². The second kappa shape index (κ2) is 5.72. The summed E-state index contributed by atoms with van der Waals surface area (Å²) in [4.78, 5) is 2.26. The third kappa shape index (κ3) is 4.80. The van der Waals surface area contributed by atoms with Gasteiger partial charge < -0.3 is 4.90 Å². The van der Waals surface area contributed by atoms with Gasteiger partial charge in [-0.2, -0.15) is 0 Å². The van der Waals surface area contributed by atoms with Gasteiger partial charge in [0.25, 0.3) is 0 Å². The maximum absolute atomic E-state index is 2.28. The molecule has 0 saturated carbocycles. The topological polar surface area (TPSA) is 3.24 Å². The van der Waals surface area contributed by atoms with E-state index in [0.717, 1.165) is 5.92 Å². The largest absolute Gasteiger partial charge is 0.309 e. The summed E-state index contributed by atoms with van der Waals surface area (Å²) in [5, 5.41) is 0. The van der Waals surface area contributed by atoms with E-state index in [1.165, 1.54) is 25.8 Å². The first kappa shape index (κ1) is 9.96. The molecule has 0 bridgehead atoms. The number of rotatable bonds is 5. The van der Waals surface area contributed by atoms with Crippen molar-refractivity contribution < 1.29 is 0 Å². The molecule has 1 nitrogen and oxygen atoms in total. The molecule has 0 aliphatic rings. The van der Waals surface area contributed by atoms with Crippen LogP contribution in [0, 0.1) is 5.92 Å². The fraction of sp³-hybridized carbons (Fsp3) is 1.00. The monoisotopic (exact) mass is 143 g/mol. The lowest BCUT2D eigenvalue weighted by atomic mass is 10.00. The normalized spacial score (nSPS) is 11.4. The highest BCUT2D eigenvalue weighted by Crippen LogP contribution is 2.11. The predicted molar refractivity (Wildman–Crippen MR) is 47.2 cm³/mol. The second-order valence-corrected chi connectivity index (χ2v) is 3.27. The Balaban J connectivity index is 3.26. The van der Waals surface area contributed by atoms with E-state index in [0.29, 0.717) is 0 Å². The van der Waals surface area contributed by atoms with Gasteiger partial charge in [0.2, 0.25) is 0 Å². The summed E-state index contributed by atoms with van der Waals surface area (Å²) < 4.78 is 0. The minimum Gasteiger partial charge on any atom is -0.309 e. The van der Waals surface area contributed by atoms with Crippen LogP contribution in [0.25, 0.3) is 0 Å². The van der Waals surface area contributed by atoms with Crippen molar-refractivity contribution in [2.45, 2.75) is 33.1 Å². The molecular weight excluding hydrogens is 122 g/mol. The Bertz CT molecular complexity index is 65.1. The van der Waals surface area contributed by atoms with Crippen molar-refractivity contribution in [3.8, 4) is 0 Å². The number of hydrogen-bond donors (Lipinski definition) is 0. The van der Waals surface area contributed by atoms with E-state index in [1.54, 1.807) is 0 Å². The molecule has 0 radical (unpaired) electrons. The van der Waals surface area contributed by atoms with Crippen LogP contribution in [0.2, 0.25) is 0 Å². The highest BCUT2D eigenvalue weighted by Gasteiger charge is 2.02. The lowest BCUT2D eigenvalue weighted by Crippen LogP contribution is -2.16. The summed E-state index contributed by atoms with van der Waals surface area (Å²) in [5.41, 5.74) is 0. The summed E-state index contributed by atoms with van der Waals surface area (Å²) in [6.45, 7) is 5.81. The molecule has 0 amide bonds. The van der Waals surface area contributed by atoms with Crippen LogP contribution < -0.4 is 0 Å². The van der Waals surface area contributed by atoms with Gasteiger partial charge in [0.1, 0.15) is 0 Å². The molecule has 1 heteroatoms. The maximum Gasteiger partial charge on any atom is -0.00222 e. The first-order chi connectivity index (χ1) is 4.70. The molecular formula is C9H21N. The minimum atomic E-state index is 0.947. The molecule has 0 fully saturated rings. The molecule has 0 N–H and O–H groups in total. The first-order valence-electron chi connectivity index (χ1n) is 4.35. The zero-order valence-electron chi connectivity index (χ0n) is 7.85. The van der Waals surface area contributed by atoms with Crippen molar-refractivity contribution >= 4 is 0 Å². The van der Waals surface area contributed by atoms with E-state index in [4.69, 9.17) is 0 Å². The Kier molecular flexibility index (Phi) is 5.70. The summed E-state index contributed by atoms with van der Waals surface area (Å²) in [6, 6.07) is 0. The van der Waals surface area contributed by atoms with E-state index in [2.05, 4.69) is 32.8 Å². The Morgan fingerprint density at radius 1 is 1.10 bits per heavy atom. The van der Waals surface area contributed by atoms with Gasteiger partial charge in [0, 0.05) is 0 Å². The molecule has 0 aliphatic heterocycles. The van der Waals surface area contributed by atoms with Crippen LogP contribution in [0.15, 0.2) is 0 Å². The summed E-state index contributed by atoms with van der Waals surface area (Å²) in [7, 11) is 4.28. The molecule has 0 heterocycles. The first-order valence-corrected chi connectivity index (χ1v) is 4.35. The van der Waals surface area contributed by atoms with E-state index in [-0.39, 0.29) is 0 Å². The fourth-order valence-corrected chi connectivity index (χ4v) is 1.14. The van der Waals surface area contributed by atoms with Crippen LogP contribution in [-0.4, -0.2) is 25.5 Å². The smallest absolute Gasteiger partial charge is 0.00222 e. The third-order valence-corrected chi connectivity index (χ3v) is 2.14. The standard InChI is InChI=1S/C9H21N/c1-5-9(6-2)7-8-10(3)4/h9H,5-8H2,1-4H3. The van der Waals surface area contributed by atoms with Gasteiger partial charge in [-0.1, -0.05) is 26.7 Å². The van der Waals surface area contributed by atoms with Gasteiger partial charge in [-0.3, -0.25) is 0 Å². The summed E-state index contributed by atoms with van der Waals surface area (Å²) in [5.74, 6) is 0.947. The molecule has 0 aromatic rings. The van der Waals surface area contributed by atoms with Crippen molar-refractivity contribution in [3.05, 3.63) is 0 Å². The molecule has 10 heavy (non-hydrogen) atoms. The highest BCUT2D eigenvalue weighted by atomic mass is 15.0. The molecule has 0 atom stereocenters. The quantitative estimate of drug-likeness (QED) is 0.571. The van der Waals surface area contributed by atoms with E-state index < -0.39 is 0 Å². The molecule has 0 aromatic carbocycles. The second-order valence-electron chi connectivity index (χ2n) is 3.27. The predicted octanol–water partition coefficient (Wildman–Crippen LogP) is 2.37. The Morgan fingerprint density at radius 2 is 1.60 bits per heavy atom. The Labute approximate surface area is 65.4 Å². The van der Waals surface area contributed by atoms with Crippen molar-refractivity contribution in [3.63, 3.8) is 0 Å². The molecule has 0 spiro atoms. The molecule has 62 valence electrons. The molecule has 0 saturated heterocycles. The Hall–Kier alpha value is -0.0400. The van der Waals surface area contributed by atoms with Crippen LogP contribution >= 0.6 is 0 Å². The van der Waals surface area contributed by atoms with Gasteiger partial charge in [-0.25, -0.2) is 0 Å². The van der Waals surface area contributed by atoms with Crippen molar-refractivity contribution in [1.29, 1.82) is 0 Å². The zero-order valence-corrected chi connectivity index (χ0v) is 7.85. The van der Waals surface area contributed by atoms with Gasteiger partial charge >= 0.3 is 0 Å². The average Bonchev–Trinajstić information content (AvgIpc) is 1.90. The Morgan fingerprint density at radius 3 is 1.90 bits per heavy atom. The van der Waals surface area contributed by atoms with Crippen molar-refractivity contribution in [2.75, 3.05) is 20.6 Å². The van der Waals surface area contributed by atoms with Crippen LogP contribution in [-0.2, 0) is 0 Å². The van der Waals surface area contributed by atoms with E-state index >= 15 is 0 Å². The van der Waals surface area contributed by atoms with Gasteiger partial charge in [0.15, 0.2) is 0 Å². The van der Waals surface area contributed by atoms with Gasteiger partial charge in [0.05, 0.1) is 0 Å². The molecule has 0 aliphatic carbocycles. The summed E-state index contributed by atoms with van der Waals surface area (Å²) >= 11 is 0. The van der Waals surface area contributed by atoms with Crippen LogP contribution in [0.3, 0.4) is 0 Å². The number of hydrogen-bond acceptors (Lipinski definition) is 1. The molecule has 0 unspecified atom stereocenters. The maximum atomic E-state index is 2.28. The van der Waals surface area contributed by atoms with Crippen LogP contribution in [0.1, 0.15) is 33.1 Å².